The average Bonchev–Trinajstić information content (AvgIpc) is 2.28. The molecule has 1 aliphatic rings. The highest BCUT2D eigenvalue weighted by atomic mass is 16.7. The van der Waals surface area contributed by atoms with E-state index in [0.29, 0.717) is 12.3 Å². The highest BCUT2D eigenvalue weighted by molar-refractivity contribution is 5.48. The number of aldehydes is 1. The van der Waals surface area contributed by atoms with Gasteiger partial charge in [-0.15, -0.1) is 0 Å². The Labute approximate surface area is 92.1 Å². The smallest absolute Gasteiger partial charge is 0.157 e. The van der Waals surface area contributed by atoms with Crippen LogP contribution in [0.15, 0.2) is 0 Å². The minimum atomic E-state index is 0.0206. The maximum Gasteiger partial charge on any atom is 0.157 e. The van der Waals surface area contributed by atoms with Gasteiger partial charge in [0, 0.05) is 13.0 Å². The Morgan fingerprint density at radius 1 is 1.53 bits per heavy atom. The van der Waals surface area contributed by atoms with Crippen LogP contribution in [-0.4, -0.2) is 25.8 Å². The first-order valence-electron chi connectivity index (χ1n) is 5.99. The Kier molecular flexibility index (Phi) is 6.60. The third-order valence-corrected chi connectivity index (χ3v) is 2.72. The van der Waals surface area contributed by atoms with Gasteiger partial charge in [-0.1, -0.05) is 6.92 Å². The summed E-state index contributed by atoms with van der Waals surface area (Å²) in [5.74, 6) is 0.524. The molecule has 1 aliphatic heterocycles. The van der Waals surface area contributed by atoms with Crippen molar-refractivity contribution in [3.8, 4) is 0 Å². The lowest BCUT2D eigenvalue weighted by molar-refractivity contribution is -0.168. The Hall–Kier alpha value is -0.410. The highest BCUT2D eigenvalue weighted by Gasteiger charge is 2.14. The van der Waals surface area contributed by atoms with Crippen molar-refractivity contribution in [3.05, 3.63) is 0 Å². The molecule has 15 heavy (non-hydrogen) atoms. The van der Waals surface area contributed by atoms with Crippen LogP contribution in [-0.2, 0) is 14.3 Å². The molecule has 0 aliphatic carbocycles. The molecular weight excluding hydrogens is 192 g/mol. The largest absolute Gasteiger partial charge is 0.353 e. The SMILES string of the molecule is C[C@@H](CCCC=O)CO[C@H]1CCCCO1. The molecule has 3 nitrogen and oxygen atoms in total. The van der Waals surface area contributed by atoms with E-state index >= 15 is 0 Å². The van der Waals surface area contributed by atoms with Gasteiger partial charge >= 0.3 is 0 Å². The van der Waals surface area contributed by atoms with E-state index in [9.17, 15) is 4.79 Å². The molecule has 1 heterocycles. The standard InChI is InChI=1S/C12H22O3/c1-11(6-2-4-8-13)10-15-12-7-3-5-9-14-12/h8,11-12H,2-7,9-10H2,1H3/t11-,12-/m0/s1. The monoisotopic (exact) mass is 214 g/mol. The van der Waals surface area contributed by atoms with Crippen molar-refractivity contribution < 1.29 is 14.3 Å². The van der Waals surface area contributed by atoms with E-state index in [2.05, 4.69) is 6.92 Å². The summed E-state index contributed by atoms with van der Waals surface area (Å²) in [7, 11) is 0. The van der Waals surface area contributed by atoms with Crippen LogP contribution in [0.3, 0.4) is 0 Å². The summed E-state index contributed by atoms with van der Waals surface area (Å²) in [6, 6.07) is 0. The predicted molar refractivity (Wildman–Crippen MR) is 58.6 cm³/mol. The fourth-order valence-corrected chi connectivity index (χ4v) is 1.75. The van der Waals surface area contributed by atoms with E-state index in [1.165, 1.54) is 6.42 Å². The second-order valence-electron chi connectivity index (χ2n) is 4.33. The van der Waals surface area contributed by atoms with E-state index in [0.717, 1.165) is 45.2 Å². The van der Waals surface area contributed by atoms with Crippen molar-refractivity contribution in [1.82, 2.24) is 0 Å². The molecule has 1 saturated heterocycles. The van der Waals surface area contributed by atoms with E-state index in [-0.39, 0.29) is 6.29 Å². The van der Waals surface area contributed by atoms with Crippen LogP contribution in [0.2, 0.25) is 0 Å². The summed E-state index contributed by atoms with van der Waals surface area (Å²) in [4.78, 5) is 10.1. The maximum absolute atomic E-state index is 10.1. The van der Waals surface area contributed by atoms with Crippen LogP contribution >= 0.6 is 0 Å². The van der Waals surface area contributed by atoms with Gasteiger partial charge in [0.15, 0.2) is 6.29 Å². The van der Waals surface area contributed by atoms with E-state index < -0.39 is 0 Å². The van der Waals surface area contributed by atoms with Gasteiger partial charge in [0.1, 0.15) is 6.29 Å². The van der Waals surface area contributed by atoms with Gasteiger partial charge in [0.25, 0.3) is 0 Å². The normalized spacial score (nSPS) is 23.7. The van der Waals surface area contributed by atoms with Crippen LogP contribution in [0.5, 0.6) is 0 Å². The summed E-state index contributed by atoms with van der Waals surface area (Å²) in [5, 5.41) is 0. The summed E-state index contributed by atoms with van der Waals surface area (Å²) in [6.45, 7) is 3.75. The maximum atomic E-state index is 10.1. The molecule has 0 aromatic rings. The number of unbranched alkanes of at least 4 members (excludes halogenated alkanes) is 1. The Morgan fingerprint density at radius 2 is 2.40 bits per heavy atom. The highest BCUT2D eigenvalue weighted by Crippen LogP contribution is 2.16. The molecule has 1 rings (SSSR count). The summed E-state index contributed by atoms with van der Waals surface area (Å²) in [5.41, 5.74) is 0. The molecule has 0 spiro atoms. The van der Waals surface area contributed by atoms with Crippen molar-refractivity contribution in [2.75, 3.05) is 13.2 Å². The molecule has 0 unspecified atom stereocenters. The molecule has 0 radical (unpaired) electrons. The second-order valence-corrected chi connectivity index (χ2v) is 4.33. The minimum absolute atomic E-state index is 0.0206. The third kappa shape index (κ3) is 5.90. The van der Waals surface area contributed by atoms with Crippen molar-refractivity contribution in [2.45, 2.75) is 51.7 Å². The lowest BCUT2D eigenvalue weighted by atomic mass is 10.1. The number of carbonyl (C=O) groups is 1. The number of carbonyl (C=O) groups excluding carboxylic acids is 1. The lowest BCUT2D eigenvalue weighted by Gasteiger charge is -2.24. The van der Waals surface area contributed by atoms with Crippen LogP contribution in [0.25, 0.3) is 0 Å². The molecule has 0 aromatic carbocycles. The molecule has 0 bridgehead atoms. The first kappa shape index (κ1) is 12.7. The Balaban J connectivity index is 1.99. The topological polar surface area (TPSA) is 35.5 Å². The van der Waals surface area contributed by atoms with Gasteiger partial charge in [0.2, 0.25) is 0 Å². The second kappa shape index (κ2) is 7.83. The van der Waals surface area contributed by atoms with Crippen molar-refractivity contribution in [2.24, 2.45) is 5.92 Å². The van der Waals surface area contributed by atoms with Gasteiger partial charge in [-0.25, -0.2) is 0 Å². The molecule has 0 aromatic heterocycles. The molecule has 88 valence electrons. The van der Waals surface area contributed by atoms with Crippen LogP contribution in [0.1, 0.15) is 45.4 Å². The average molecular weight is 214 g/mol. The van der Waals surface area contributed by atoms with Crippen LogP contribution in [0, 0.1) is 5.92 Å². The molecular formula is C12H22O3. The molecule has 0 N–H and O–H groups in total. The summed E-state index contributed by atoms with van der Waals surface area (Å²) >= 11 is 0. The summed E-state index contributed by atoms with van der Waals surface area (Å²) < 4.78 is 11.1. The fourth-order valence-electron chi connectivity index (χ4n) is 1.75. The first-order valence-corrected chi connectivity index (χ1v) is 5.99. The number of hydrogen-bond acceptors (Lipinski definition) is 3. The number of rotatable bonds is 7. The van der Waals surface area contributed by atoms with Gasteiger partial charge in [-0.2, -0.15) is 0 Å². The molecule has 3 heteroatoms. The Bertz CT molecular complexity index is 164. The van der Waals surface area contributed by atoms with Crippen LogP contribution < -0.4 is 0 Å². The predicted octanol–water partition coefficient (Wildman–Crippen LogP) is 2.53. The van der Waals surface area contributed by atoms with Gasteiger partial charge in [0.05, 0.1) is 6.61 Å². The first-order chi connectivity index (χ1) is 7.33. The Morgan fingerprint density at radius 3 is 3.07 bits per heavy atom. The molecule has 1 fully saturated rings. The number of hydrogen-bond donors (Lipinski definition) is 0. The van der Waals surface area contributed by atoms with E-state index in [4.69, 9.17) is 9.47 Å². The van der Waals surface area contributed by atoms with Crippen molar-refractivity contribution >= 4 is 6.29 Å². The van der Waals surface area contributed by atoms with Crippen molar-refractivity contribution in [1.29, 1.82) is 0 Å². The zero-order valence-electron chi connectivity index (χ0n) is 9.61. The minimum Gasteiger partial charge on any atom is -0.353 e. The molecule has 0 saturated carbocycles. The quantitative estimate of drug-likeness (QED) is 0.482. The van der Waals surface area contributed by atoms with E-state index in [1.54, 1.807) is 0 Å². The lowest BCUT2D eigenvalue weighted by Crippen LogP contribution is -2.24. The number of ether oxygens (including phenoxy) is 2. The van der Waals surface area contributed by atoms with Gasteiger partial charge in [-0.05, 0) is 38.0 Å². The fraction of sp³-hybridized carbons (Fsp3) is 0.917. The van der Waals surface area contributed by atoms with Gasteiger partial charge < -0.3 is 14.3 Å². The third-order valence-electron chi connectivity index (χ3n) is 2.72. The summed E-state index contributed by atoms with van der Waals surface area (Å²) in [6.07, 6.45) is 7.11. The van der Waals surface area contributed by atoms with Gasteiger partial charge in [-0.3, -0.25) is 0 Å². The van der Waals surface area contributed by atoms with Crippen LogP contribution in [0.4, 0.5) is 0 Å². The molecule has 0 amide bonds. The zero-order valence-corrected chi connectivity index (χ0v) is 9.61. The molecule has 2 atom stereocenters. The van der Waals surface area contributed by atoms with Crippen molar-refractivity contribution in [3.63, 3.8) is 0 Å². The zero-order chi connectivity index (χ0) is 10.9. The van der Waals surface area contributed by atoms with E-state index in [1.807, 2.05) is 0 Å².